The average Bonchev–Trinajstić information content (AvgIpc) is 2.27. The predicted molar refractivity (Wildman–Crippen MR) is 54.0 cm³/mol. The fourth-order valence-electron chi connectivity index (χ4n) is 1.20. The van der Waals surface area contributed by atoms with Crippen LogP contribution in [0.4, 0.5) is 22.0 Å². The average molecular weight is 266 g/mol. The van der Waals surface area contributed by atoms with E-state index in [0.717, 1.165) is 12.1 Å². The largest absolute Gasteiger partial charge is 0.573 e. The first-order valence-corrected chi connectivity index (χ1v) is 4.50. The van der Waals surface area contributed by atoms with Gasteiger partial charge in [0, 0.05) is 11.1 Å². The molecule has 0 fully saturated rings. The first-order chi connectivity index (χ1) is 8.30. The molecule has 0 spiro atoms. The van der Waals surface area contributed by atoms with E-state index in [4.69, 9.17) is 0 Å². The van der Waals surface area contributed by atoms with Crippen molar-refractivity contribution >= 4 is 5.57 Å². The highest BCUT2D eigenvalue weighted by Crippen LogP contribution is 2.36. The van der Waals surface area contributed by atoms with Crippen LogP contribution in [0, 0.1) is 5.82 Å². The SMILES string of the molecule is C=C/C(=C/F)c1ccc(OC(F)(F)F)c(F)c1O. The van der Waals surface area contributed by atoms with Gasteiger partial charge >= 0.3 is 6.36 Å². The zero-order valence-corrected chi connectivity index (χ0v) is 8.76. The number of halogens is 5. The third-order valence-electron chi connectivity index (χ3n) is 1.95. The van der Waals surface area contributed by atoms with E-state index in [2.05, 4.69) is 11.3 Å². The number of rotatable bonds is 3. The number of hydrogen-bond donors (Lipinski definition) is 1. The molecule has 0 unspecified atom stereocenters. The van der Waals surface area contributed by atoms with Crippen molar-refractivity contribution in [2.45, 2.75) is 6.36 Å². The number of alkyl halides is 3. The van der Waals surface area contributed by atoms with E-state index in [9.17, 15) is 27.1 Å². The molecule has 0 aliphatic rings. The number of aromatic hydroxyl groups is 1. The van der Waals surface area contributed by atoms with E-state index in [-0.39, 0.29) is 17.5 Å². The molecule has 2 nitrogen and oxygen atoms in total. The molecule has 0 amide bonds. The molecule has 1 N–H and O–H groups in total. The van der Waals surface area contributed by atoms with Gasteiger partial charge in [-0.1, -0.05) is 12.7 Å². The Hall–Kier alpha value is -2.05. The quantitative estimate of drug-likeness (QED) is 0.663. The molecule has 0 saturated carbocycles. The summed E-state index contributed by atoms with van der Waals surface area (Å²) in [5.41, 5.74) is -0.607. The molecule has 0 heterocycles. The monoisotopic (exact) mass is 266 g/mol. The van der Waals surface area contributed by atoms with Gasteiger partial charge in [-0.2, -0.15) is 4.39 Å². The lowest BCUT2D eigenvalue weighted by molar-refractivity contribution is -0.275. The summed E-state index contributed by atoms with van der Waals surface area (Å²) in [5.74, 6) is -3.99. The summed E-state index contributed by atoms with van der Waals surface area (Å²) in [7, 11) is 0. The number of phenolic OH excluding ortho intramolecular Hbond substituents is 1. The number of benzene rings is 1. The van der Waals surface area contributed by atoms with Crippen molar-refractivity contribution in [1.29, 1.82) is 0 Å². The molecule has 1 aromatic rings. The Kier molecular flexibility index (Phi) is 3.95. The summed E-state index contributed by atoms with van der Waals surface area (Å²) >= 11 is 0. The molecule has 7 heteroatoms. The highest BCUT2D eigenvalue weighted by atomic mass is 19.4. The fraction of sp³-hybridized carbons (Fsp3) is 0.0909. The second-order valence-corrected chi connectivity index (χ2v) is 3.09. The first kappa shape index (κ1) is 14.0. The van der Waals surface area contributed by atoms with Crippen LogP contribution in [0.3, 0.4) is 0 Å². The fourth-order valence-corrected chi connectivity index (χ4v) is 1.20. The maximum atomic E-state index is 13.4. The lowest BCUT2D eigenvalue weighted by Crippen LogP contribution is -2.18. The van der Waals surface area contributed by atoms with E-state index in [1.807, 2.05) is 0 Å². The predicted octanol–water partition coefficient (Wildman–Crippen LogP) is 3.93. The van der Waals surface area contributed by atoms with Crippen molar-refractivity contribution < 1.29 is 31.8 Å². The van der Waals surface area contributed by atoms with Crippen molar-refractivity contribution in [3.05, 3.63) is 42.5 Å². The molecule has 0 bridgehead atoms. The molecule has 0 aromatic heterocycles. The van der Waals surface area contributed by atoms with Crippen LogP contribution in [0.15, 0.2) is 31.1 Å². The Bertz CT molecular complexity index is 491. The lowest BCUT2D eigenvalue weighted by Gasteiger charge is -2.12. The zero-order chi connectivity index (χ0) is 13.9. The third-order valence-corrected chi connectivity index (χ3v) is 1.95. The van der Waals surface area contributed by atoms with Crippen LogP contribution in [-0.4, -0.2) is 11.5 Å². The molecule has 0 aliphatic carbocycles. The van der Waals surface area contributed by atoms with Crippen molar-refractivity contribution in [3.63, 3.8) is 0 Å². The van der Waals surface area contributed by atoms with E-state index in [1.165, 1.54) is 0 Å². The second-order valence-electron chi connectivity index (χ2n) is 3.09. The van der Waals surface area contributed by atoms with E-state index < -0.39 is 23.7 Å². The molecule has 98 valence electrons. The molecule has 18 heavy (non-hydrogen) atoms. The van der Waals surface area contributed by atoms with Gasteiger partial charge in [-0.25, -0.2) is 4.39 Å². The molecular formula is C11H7F5O2. The molecule has 0 aliphatic heterocycles. The maximum Gasteiger partial charge on any atom is 0.573 e. The summed E-state index contributed by atoms with van der Waals surface area (Å²) < 4.78 is 64.7. The molecular weight excluding hydrogens is 259 g/mol. The van der Waals surface area contributed by atoms with Crippen LogP contribution in [0.5, 0.6) is 11.5 Å². The third kappa shape index (κ3) is 2.99. The summed E-state index contributed by atoms with van der Waals surface area (Å²) in [6.07, 6.45) is -4.09. The van der Waals surface area contributed by atoms with E-state index in [1.54, 1.807) is 0 Å². The van der Waals surface area contributed by atoms with Crippen LogP contribution in [-0.2, 0) is 0 Å². The topological polar surface area (TPSA) is 29.5 Å². The Morgan fingerprint density at radius 1 is 1.33 bits per heavy atom. The highest BCUT2D eigenvalue weighted by molar-refractivity contribution is 5.77. The Morgan fingerprint density at radius 3 is 2.39 bits per heavy atom. The summed E-state index contributed by atoms with van der Waals surface area (Å²) in [4.78, 5) is 0. The van der Waals surface area contributed by atoms with Crippen molar-refractivity contribution in [1.82, 2.24) is 0 Å². The van der Waals surface area contributed by atoms with Gasteiger partial charge in [0.2, 0.25) is 5.82 Å². The smallest absolute Gasteiger partial charge is 0.504 e. The van der Waals surface area contributed by atoms with Gasteiger partial charge in [-0.05, 0) is 12.1 Å². The first-order valence-electron chi connectivity index (χ1n) is 4.50. The Morgan fingerprint density at radius 2 is 1.94 bits per heavy atom. The van der Waals surface area contributed by atoms with Crippen molar-refractivity contribution in [3.8, 4) is 11.5 Å². The van der Waals surface area contributed by atoms with Gasteiger partial charge < -0.3 is 9.84 Å². The van der Waals surface area contributed by atoms with Gasteiger partial charge in [0.05, 0.1) is 6.33 Å². The normalized spacial score (nSPS) is 12.4. The number of allylic oxidation sites excluding steroid dienone is 2. The van der Waals surface area contributed by atoms with Crippen LogP contribution in [0.1, 0.15) is 5.56 Å². The minimum Gasteiger partial charge on any atom is -0.504 e. The zero-order valence-electron chi connectivity index (χ0n) is 8.76. The summed E-state index contributed by atoms with van der Waals surface area (Å²) in [6, 6.07) is 1.51. The van der Waals surface area contributed by atoms with E-state index in [0.29, 0.717) is 6.07 Å². The van der Waals surface area contributed by atoms with E-state index >= 15 is 0 Å². The molecule has 0 radical (unpaired) electrons. The minimum atomic E-state index is -5.09. The van der Waals surface area contributed by atoms with Gasteiger partial charge in [-0.15, -0.1) is 13.2 Å². The van der Waals surface area contributed by atoms with Crippen LogP contribution < -0.4 is 4.74 Å². The molecule has 1 aromatic carbocycles. The Labute approximate surface area is 98.6 Å². The number of phenols is 1. The standard InChI is InChI=1S/C11H7F5O2/c1-2-6(5-12)7-3-4-8(9(13)10(7)17)18-11(14,15)16/h2-5,17H,1H2/b6-5-. The number of hydrogen-bond acceptors (Lipinski definition) is 2. The second kappa shape index (κ2) is 5.07. The van der Waals surface area contributed by atoms with Crippen LogP contribution >= 0.6 is 0 Å². The molecule has 0 saturated heterocycles. The lowest BCUT2D eigenvalue weighted by atomic mass is 10.1. The van der Waals surface area contributed by atoms with Crippen LogP contribution in [0.25, 0.3) is 5.57 Å². The van der Waals surface area contributed by atoms with Crippen molar-refractivity contribution in [2.24, 2.45) is 0 Å². The Balaban J connectivity index is 3.25. The van der Waals surface area contributed by atoms with Crippen LogP contribution in [0.2, 0.25) is 0 Å². The molecule has 0 atom stereocenters. The maximum absolute atomic E-state index is 13.4. The van der Waals surface area contributed by atoms with Gasteiger partial charge in [0.1, 0.15) is 0 Å². The highest BCUT2D eigenvalue weighted by Gasteiger charge is 2.33. The summed E-state index contributed by atoms with van der Waals surface area (Å²) in [5, 5.41) is 9.33. The van der Waals surface area contributed by atoms with Crippen molar-refractivity contribution in [2.75, 3.05) is 0 Å². The van der Waals surface area contributed by atoms with Gasteiger partial charge in [0.15, 0.2) is 11.5 Å². The molecule has 1 rings (SSSR count). The van der Waals surface area contributed by atoms with Gasteiger partial charge in [-0.3, -0.25) is 0 Å². The number of ether oxygens (including phenoxy) is 1. The summed E-state index contributed by atoms with van der Waals surface area (Å²) in [6.45, 7) is 3.21. The minimum absolute atomic E-state index is 0.0335. The van der Waals surface area contributed by atoms with Gasteiger partial charge in [0.25, 0.3) is 0 Å².